The maximum Gasteiger partial charge on any atom is 0.180 e. The number of benzene rings is 3. The fourth-order valence-electron chi connectivity index (χ4n) is 3.31. The van der Waals surface area contributed by atoms with Gasteiger partial charge < -0.3 is 14.8 Å². The monoisotopic (exact) mass is 457 g/mol. The number of hydrogen-bond acceptors (Lipinski definition) is 3. The first-order chi connectivity index (χ1) is 15.1. The van der Waals surface area contributed by atoms with E-state index in [0.717, 1.165) is 24.0 Å². The Morgan fingerprint density at radius 2 is 1.61 bits per heavy atom. The van der Waals surface area contributed by atoms with Gasteiger partial charge in [-0.1, -0.05) is 71.7 Å². The number of rotatable bonds is 11. The molecule has 0 bridgehead atoms. The van der Waals surface area contributed by atoms with Crippen LogP contribution in [0, 0.1) is 0 Å². The Morgan fingerprint density at radius 1 is 0.871 bits per heavy atom. The second-order valence-corrected chi connectivity index (χ2v) is 8.34. The fourth-order valence-corrected chi connectivity index (χ4v) is 3.79. The molecule has 3 rings (SSSR count). The molecular weight excluding hydrogens is 429 g/mol. The van der Waals surface area contributed by atoms with E-state index < -0.39 is 0 Å². The normalized spacial score (nSPS) is 11.9. The quantitative estimate of drug-likeness (QED) is 0.333. The molecule has 0 aromatic heterocycles. The van der Waals surface area contributed by atoms with Crippen LogP contribution in [0.3, 0.4) is 0 Å². The Morgan fingerprint density at radius 3 is 2.35 bits per heavy atom. The van der Waals surface area contributed by atoms with Gasteiger partial charge in [0.1, 0.15) is 6.61 Å². The summed E-state index contributed by atoms with van der Waals surface area (Å²) >= 11 is 12.8. The van der Waals surface area contributed by atoms with E-state index in [4.69, 9.17) is 32.7 Å². The van der Waals surface area contributed by atoms with E-state index in [1.165, 1.54) is 5.56 Å². The van der Waals surface area contributed by atoms with Gasteiger partial charge in [-0.25, -0.2) is 0 Å². The van der Waals surface area contributed by atoms with Crippen molar-refractivity contribution in [3.05, 3.63) is 93.5 Å². The molecule has 3 aromatic rings. The Hall–Kier alpha value is -2.20. The van der Waals surface area contributed by atoms with E-state index in [9.17, 15) is 0 Å². The van der Waals surface area contributed by atoms with Gasteiger partial charge in [0.05, 0.1) is 11.6 Å². The van der Waals surface area contributed by atoms with Gasteiger partial charge in [-0.05, 0) is 56.0 Å². The van der Waals surface area contributed by atoms with Crippen LogP contribution in [-0.4, -0.2) is 12.6 Å². The third-order valence-electron chi connectivity index (χ3n) is 5.06. The predicted molar refractivity (Wildman–Crippen MR) is 129 cm³/mol. The lowest BCUT2D eigenvalue weighted by molar-refractivity contribution is 0.269. The highest BCUT2D eigenvalue weighted by Crippen LogP contribution is 2.37. The summed E-state index contributed by atoms with van der Waals surface area (Å²) in [6.45, 7) is 5.72. The highest BCUT2D eigenvalue weighted by molar-refractivity contribution is 6.32. The average molecular weight is 458 g/mol. The lowest BCUT2D eigenvalue weighted by atomic mass is 10.1. The van der Waals surface area contributed by atoms with E-state index in [1.54, 1.807) is 0 Å². The van der Waals surface area contributed by atoms with E-state index >= 15 is 0 Å². The second-order valence-electron chi connectivity index (χ2n) is 7.52. The van der Waals surface area contributed by atoms with Crippen molar-refractivity contribution in [2.75, 3.05) is 6.61 Å². The molecule has 0 unspecified atom stereocenters. The number of nitrogens with one attached hydrogen (secondary N) is 1. The molecule has 0 aliphatic rings. The van der Waals surface area contributed by atoms with E-state index in [-0.39, 0.29) is 0 Å². The molecule has 0 fully saturated rings. The minimum absolute atomic E-state index is 0.327. The van der Waals surface area contributed by atoms with Gasteiger partial charge in [-0.2, -0.15) is 0 Å². The largest absolute Gasteiger partial charge is 0.490 e. The summed E-state index contributed by atoms with van der Waals surface area (Å²) in [4.78, 5) is 0. The van der Waals surface area contributed by atoms with Gasteiger partial charge in [0.25, 0.3) is 0 Å². The summed E-state index contributed by atoms with van der Waals surface area (Å²) in [5.41, 5.74) is 3.32. The first kappa shape index (κ1) is 23.5. The van der Waals surface area contributed by atoms with Gasteiger partial charge in [0.15, 0.2) is 11.5 Å². The van der Waals surface area contributed by atoms with Crippen molar-refractivity contribution in [2.45, 2.75) is 45.9 Å². The number of halogens is 2. The van der Waals surface area contributed by atoms with E-state index in [0.29, 0.717) is 47.3 Å². The molecule has 0 radical (unpaired) electrons. The average Bonchev–Trinajstić information content (AvgIpc) is 2.77. The van der Waals surface area contributed by atoms with Crippen LogP contribution in [0.1, 0.15) is 37.0 Å². The van der Waals surface area contributed by atoms with Crippen molar-refractivity contribution in [3.8, 4) is 11.5 Å². The molecule has 31 heavy (non-hydrogen) atoms. The van der Waals surface area contributed by atoms with Gasteiger partial charge in [0, 0.05) is 23.2 Å². The fraction of sp³-hybridized carbons (Fsp3) is 0.308. The smallest absolute Gasteiger partial charge is 0.180 e. The van der Waals surface area contributed by atoms with Crippen LogP contribution in [0.4, 0.5) is 0 Å². The molecule has 0 saturated carbocycles. The molecule has 0 aliphatic carbocycles. The third kappa shape index (κ3) is 7.17. The zero-order chi connectivity index (χ0) is 22.1. The molecule has 0 saturated heterocycles. The third-order valence-corrected chi connectivity index (χ3v) is 5.71. The molecular formula is C26H29Cl2NO2. The molecule has 0 spiro atoms. The van der Waals surface area contributed by atoms with Crippen molar-refractivity contribution in [1.29, 1.82) is 0 Å². The lowest BCUT2D eigenvalue weighted by Gasteiger charge is -2.18. The molecule has 0 heterocycles. The van der Waals surface area contributed by atoms with Crippen molar-refractivity contribution >= 4 is 23.2 Å². The Kier molecular flexibility index (Phi) is 9.08. The summed E-state index contributed by atoms with van der Waals surface area (Å²) < 4.78 is 11.8. The first-order valence-corrected chi connectivity index (χ1v) is 11.4. The van der Waals surface area contributed by atoms with Crippen molar-refractivity contribution in [1.82, 2.24) is 5.32 Å². The number of ether oxygens (including phenoxy) is 2. The highest BCUT2D eigenvalue weighted by Gasteiger charge is 2.14. The summed E-state index contributed by atoms with van der Waals surface area (Å²) in [7, 11) is 0. The summed E-state index contributed by atoms with van der Waals surface area (Å²) in [6.07, 6.45) is 2.11. The van der Waals surface area contributed by atoms with Gasteiger partial charge >= 0.3 is 0 Å². The van der Waals surface area contributed by atoms with Crippen molar-refractivity contribution in [2.24, 2.45) is 0 Å². The highest BCUT2D eigenvalue weighted by atomic mass is 35.5. The van der Waals surface area contributed by atoms with Crippen LogP contribution in [0.25, 0.3) is 0 Å². The molecule has 0 aliphatic heterocycles. The number of hydrogen-bond donors (Lipinski definition) is 1. The minimum Gasteiger partial charge on any atom is -0.490 e. The Labute approximate surface area is 195 Å². The van der Waals surface area contributed by atoms with Crippen LogP contribution in [0.5, 0.6) is 11.5 Å². The lowest BCUT2D eigenvalue weighted by Crippen LogP contribution is -2.26. The zero-order valence-corrected chi connectivity index (χ0v) is 19.5. The maximum absolute atomic E-state index is 6.57. The molecule has 164 valence electrons. The zero-order valence-electron chi connectivity index (χ0n) is 18.0. The van der Waals surface area contributed by atoms with Gasteiger partial charge in [-0.15, -0.1) is 0 Å². The predicted octanol–water partition coefficient (Wildman–Crippen LogP) is 7.08. The molecule has 3 aromatic carbocycles. The van der Waals surface area contributed by atoms with Gasteiger partial charge in [0.2, 0.25) is 0 Å². The molecule has 3 nitrogen and oxygen atoms in total. The first-order valence-electron chi connectivity index (χ1n) is 10.7. The summed E-state index contributed by atoms with van der Waals surface area (Å²) in [5.74, 6) is 1.19. The van der Waals surface area contributed by atoms with Crippen LogP contribution < -0.4 is 14.8 Å². The standard InChI is InChI=1S/C26H29Cl2NO2/c1-3-30-25-16-21(17-29-19(2)13-14-20-9-5-4-6-10-20)15-24(28)26(25)31-18-22-11-7-8-12-23(22)27/h4-12,15-16,19,29H,3,13-14,17-18H2,1-2H3/t19-/m0/s1. The maximum atomic E-state index is 6.57. The second kappa shape index (κ2) is 12.0. The number of aryl methyl sites for hydroxylation is 1. The van der Waals surface area contributed by atoms with Crippen molar-refractivity contribution < 1.29 is 9.47 Å². The summed E-state index contributed by atoms with van der Waals surface area (Å²) in [6, 6.07) is 22.5. The topological polar surface area (TPSA) is 30.5 Å². The van der Waals surface area contributed by atoms with Crippen LogP contribution >= 0.6 is 23.2 Å². The van der Waals surface area contributed by atoms with Gasteiger partial charge in [-0.3, -0.25) is 0 Å². The molecule has 5 heteroatoms. The Balaban J connectivity index is 1.61. The molecule has 0 amide bonds. The van der Waals surface area contributed by atoms with Crippen LogP contribution in [0.15, 0.2) is 66.7 Å². The SMILES string of the molecule is CCOc1cc(CN[C@@H](C)CCc2ccccc2)cc(Cl)c1OCc1ccccc1Cl. The molecule has 1 atom stereocenters. The van der Waals surface area contributed by atoms with E-state index in [1.807, 2.05) is 49.4 Å². The molecule has 1 N–H and O–H groups in total. The van der Waals surface area contributed by atoms with Crippen molar-refractivity contribution in [3.63, 3.8) is 0 Å². The summed E-state index contributed by atoms with van der Waals surface area (Å²) in [5, 5.41) is 4.78. The van der Waals surface area contributed by atoms with Crippen LogP contribution in [-0.2, 0) is 19.6 Å². The van der Waals surface area contributed by atoms with Crippen LogP contribution in [0.2, 0.25) is 10.0 Å². The Bertz CT molecular complexity index is 963. The van der Waals surface area contributed by atoms with E-state index in [2.05, 4.69) is 36.5 Å². The minimum atomic E-state index is 0.327.